The molecule has 6 aromatic rings. The molecule has 6 aromatic carbocycles. The first-order valence-electron chi connectivity index (χ1n) is 13.5. The molecule has 0 spiro atoms. The fourth-order valence-corrected chi connectivity index (χ4v) is 4.95. The lowest BCUT2D eigenvalue weighted by molar-refractivity contribution is 1.44. The Morgan fingerprint density at radius 3 is 1.62 bits per heavy atom. The zero-order valence-corrected chi connectivity index (χ0v) is 22.4. The molecule has 0 aliphatic carbocycles. The van der Waals surface area contributed by atoms with Crippen molar-refractivity contribution in [3.05, 3.63) is 157 Å². The Labute approximate surface area is 236 Å². The monoisotopic (exact) mass is 517 g/mol. The summed E-state index contributed by atoms with van der Waals surface area (Å²) in [7, 11) is 0. The van der Waals surface area contributed by atoms with E-state index in [9.17, 15) is 0 Å². The van der Waals surface area contributed by atoms with E-state index >= 15 is 0 Å². The fraction of sp³-hybridized carbons (Fsp3) is 0.0270. The third-order valence-electron chi connectivity index (χ3n) is 6.87. The Hall–Kier alpha value is -5.28. The summed E-state index contributed by atoms with van der Waals surface area (Å²) in [6.45, 7) is 2.12. The van der Waals surface area contributed by atoms with Gasteiger partial charge in [0.05, 0.1) is 11.4 Å². The Bertz CT molecular complexity index is 1690. The van der Waals surface area contributed by atoms with Crippen LogP contribution in [0.25, 0.3) is 22.3 Å². The highest BCUT2D eigenvalue weighted by molar-refractivity contribution is 6.00. The molecular weight excluding hydrogens is 486 g/mol. The molecule has 0 bridgehead atoms. The van der Waals surface area contributed by atoms with Gasteiger partial charge in [-0.2, -0.15) is 0 Å². The zero-order chi connectivity index (χ0) is 27.1. The second kappa shape index (κ2) is 11.6. The predicted molar refractivity (Wildman–Crippen MR) is 171 cm³/mol. The molecule has 0 fully saturated rings. The first-order chi connectivity index (χ1) is 19.7. The van der Waals surface area contributed by atoms with Gasteiger partial charge in [-0.15, -0.1) is 0 Å². The molecule has 0 radical (unpaired) electrons. The van der Waals surface area contributed by atoms with E-state index in [0.717, 1.165) is 56.4 Å². The SMILES string of the molecule is Cc1cccc(Nc2c(Nc3ccccc3)ccc(-c3ccc(Nc4ccccc4)cc3)c2-c2ccccc2)c1. The van der Waals surface area contributed by atoms with Crippen molar-refractivity contribution in [1.29, 1.82) is 0 Å². The highest BCUT2D eigenvalue weighted by Crippen LogP contribution is 2.44. The van der Waals surface area contributed by atoms with Crippen LogP contribution in [0.3, 0.4) is 0 Å². The Morgan fingerprint density at radius 1 is 0.400 bits per heavy atom. The minimum Gasteiger partial charge on any atom is -0.356 e. The molecule has 0 aliphatic rings. The number of rotatable bonds is 8. The lowest BCUT2D eigenvalue weighted by Crippen LogP contribution is -2.02. The highest BCUT2D eigenvalue weighted by atomic mass is 15.0. The zero-order valence-electron chi connectivity index (χ0n) is 22.4. The Kier molecular flexibility index (Phi) is 7.27. The summed E-state index contributed by atoms with van der Waals surface area (Å²) in [5, 5.41) is 10.9. The van der Waals surface area contributed by atoms with Gasteiger partial charge in [0.25, 0.3) is 0 Å². The highest BCUT2D eigenvalue weighted by Gasteiger charge is 2.18. The Balaban J connectivity index is 1.48. The van der Waals surface area contributed by atoms with Gasteiger partial charge in [0, 0.05) is 28.3 Å². The average Bonchev–Trinajstić information content (AvgIpc) is 3.00. The van der Waals surface area contributed by atoms with Gasteiger partial charge in [-0.05, 0) is 83.8 Å². The average molecular weight is 518 g/mol. The fourth-order valence-electron chi connectivity index (χ4n) is 4.95. The van der Waals surface area contributed by atoms with Gasteiger partial charge in [-0.1, -0.05) is 97.1 Å². The van der Waals surface area contributed by atoms with E-state index in [1.165, 1.54) is 5.56 Å². The molecule has 0 amide bonds. The number of benzene rings is 6. The molecule has 40 heavy (non-hydrogen) atoms. The second-order valence-corrected chi connectivity index (χ2v) is 9.83. The summed E-state index contributed by atoms with van der Waals surface area (Å²) < 4.78 is 0. The van der Waals surface area contributed by atoms with E-state index in [2.05, 4.69) is 138 Å². The van der Waals surface area contributed by atoms with E-state index in [0.29, 0.717) is 0 Å². The minimum absolute atomic E-state index is 1.01. The molecule has 0 atom stereocenters. The maximum absolute atomic E-state index is 3.78. The first kappa shape index (κ1) is 25.0. The molecule has 0 heterocycles. The molecule has 0 saturated carbocycles. The van der Waals surface area contributed by atoms with E-state index in [-0.39, 0.29) is 0 Å². The molecule has 3 heteroatoms. The van der Waals surface area contributed by atoms with Gasteiger partial charge < -0.3 is 16.0 Å². The van der Waals surface area contributed by atoms with Crippen molar-refractivity contribution in [2.24, 2.45) is 0 Å². The molecular formula is C37H31N3. The van der Waals surface area contributed by atoms with Gasteiger partial charge in [0.2, 0.25) is 0 Å². The van der Waals surface area contributed by atoms with E-state index in [1.807, 2.05) is 36.4 Å². The summed E-state index contributed by atoms with van der Waals surface area (Å²) in [6, 6.07) is 52.7. The van der Waals surface area contributed by atoms with Crippen LogP contribution in [0.4, 0.5) is 34.1 Å². The molecule has 0 aliphatic heterocycles. The van der Waals surface area contributed by atoms with Gasteiger partial charge >= 0.3 is 0 Å². The van der Waals surface area contributed by atoms with Crippen molar-refractivity contribution in [2.75, 3.05) is 16.0 Å². The van der Waals surface area contributed by atoms with Crippen molar-refractivity contribution < 1.29 is 0 Å². The predicted octanol–water partition coefficient (Wildman–Crippen LogP) is 10.6. The number of hydrogen-bond donors (Lipinski definition) is 3. The summed E-state index contributed by atoms with van der Waals surface area (Å²) >= 11 is 0. The molecule has 6 rings (SSSR count). The molecule has 3 N–H and O–H groups in total. The van der Waals surface area contributed by atoms with Crippen LogP contribution in [0.1, 0.15) is 5.56 Å². The second-order valence-electron chi connectivity index (χ2n) is 9.83. The third kappa shape index (κ3) is 5.74. The number of anilines is 6. The summed E-state index contributed by atoms with van der Waals surface area (Å²) in [5.74, 6) is 0. The van der Waals surface area contributed by atoms with Crippen LogP contribution < -0.4 is 16.0 Å². The quantitative estimate of drug-likeness (QED) is 0.188. The number of aryl methyl sites for hydroxylation is 1. The topological polar surface area (TPSA) is 36.1 Å². The van der Waals surface area contributed by atoms with Crippen LogP contribution in [0, 0.1) is 6.92 Å². The normalized spacial score (nSPS) is 10.6. The van der Waals surface area contributed by atoms with Crippen molar-refractivity contribution >= 4 is 34.1 Å². The third-order valence-corrected chi connectivity index (χ3v) is 6.87. The molecule has 0 saturated heterocycles. The van der Waals surface area contributed by atoms with Crippen LogP contribution in [-0.4, -0.2) is 0 Å². The number of hydrogen-bond acceptors (Lipinski definition) is 3. The van der Waals surface area contributed by atoms with Crippen molar-refractivity contribution in [3.8, 4) is 22.3 Å². The van der Waals surface area contributed by atoms with E-state index in [1.54, 1.807) is 0 Å². The van der Waals surface area contributed by atoms with Crippen LogP contribution in [0.2, 0.25) is 0 Å². The van der Waals surface area contributed by atoms with Crippen LogP contribution in [0.15, 0.2) is 152 Å². The van der Waals surface area contributed by atoms with Crippen LogP contribution >= 0.6 is 0 Å². The van der Waals surface area contributed by atoms with Crippen molar-refractivity contribution in [2.45, 2.75) is 6.92 Å². The van der Waals surface area contributed by atoms with Crippen LogP contribution in [0.5, 0.6) is 0 Å². The largest absolute Gasteiger partial charge is 0.356 e. The van der Waals surface area contributed by atoms with Gasteiger partial charge in [-0.25, -0.2) is 0 Å². The van der Waals surface area contributed by atoms with Crippen molar-refractivity contribution in [1.82, 2.24) is 0 Å². The first-order valence-corrected chi connectivity index (χ1v) is 13.5. The smallest absolute Gasteiger partial charge is 0.0709 e. The van der Waals surface area contributed by atoms with E-state index < -0.39 is 0 Å². The molecule has 194 valence electrons. The number of para-hydroxylation sites is 2. The van der Waals surface area contributed by atoms with E-state index in [4.69, 9.17) is 0 Å². The minimum atomic E-state index is 1.01. The summed E-state index contributed by atoms with van der Waals surface area (Å²) in [6.07, 6.45) is 0. The van der Waals surface area contributed by atoms with Crippen LogP contribution in [-0.2, 0) is 0 Å². The summed E-state index contributed by atoms with van der Waals surface area (Å²) in [5.41, 5.74) is 12.1. The molecule has 0 unspecified atom stereocenters. The van der Waals surface area contributed by atoms with Gasteiger partial charge in [0.1, 0.15) is 0 Å². The summed E-state index contributed by atoms with van der Waals surface area (Å²) in [4.78, 5) is 0. The van der Waals surface area contributed by atoms with Gasteiger partial charge in [0.15, 0.2) is 0 Å². The lowest BCUT2D eigenvalue weighted by Gasteiger charge is -2.22. The van der Waals surface area contributed by atoms with Crippen molar-refractivity contribution in [3.63, 3.8) is 0 Å². The molecule has 0 aromatic heterocycles. The molecule has 3 nitrogen and oxygen atoms in total. The lowest BCUT2D eigenvalue weighted by atomic mass is 9.91. The maximum Gasteiger partial charge on any atom is 0.0709 e. The van der Waals surface area contributed by atoms with Gasteiger partial charge in [-0.3, -0.25) is 0 Å². The Morgan fingerprint density at radius 2 is 0.975 bits per heavy atom. The number of nitrogens with one attached hydrogen (secondary N) is 3. The standard InChI is InChI=1S/C37H31N3/c1-27-12-11-19-33(26-27)40-37-35(39-31-17-9-4-10-18-31)25-24-34(36(37)29-13-5-2-6-14-29)28-20-22-32(23-21-28)38-30-15-7-3-8-16-30/h2-26,38-40H,1H3. The maximum atomic E-state index is 3.78.